The van der Waals surface area contributed by atoms with E-state index in [1.165, 1.54) is 0 Å². The maximum Gasteiger partial charge on any atom is 0.317 e. The normalized spacial score (nSPS) is 24.9. The molecule has 2 aliphatic rings. The van der Waals surface area contributed by atoms with E-state index in [1.807, 2.05) is 4.90 Å². The molecule has 4 heteroatoms. The monoisotopic (exact) mass is 281 g/mol. The molecule has 0 saturated carbocycles. The van der Waals surface area contributed by atoms with Crippen LogP contribution in [0, 0.1) is 5.41 Å². The Hall–Kier alpha value is -0.770. The molecule has 20 heavy (non-hydrogen) atoms. The first-order valence-corrected chi connectivity index (χ1v) is 7.98. The Kier molecular flexibility index (Phi) is 4.33. The van der Waals surface area contributed by atoms with Crippen molar-refractivity contribution in [2.24, 2.45) is 5.41 Å². The minimum Gasteiger partial charge on any atom is -0.335 e. The lowest BCUT2D eigenvalue weighted by Gasteiger charge is -2.41. The van der Waals surface area contributed by atoms with E-state index in [0.29, 0.717) is 6.04 Å². The smallest absolute Gasteiger partial charge is 0.317 e. The van der Waals surface area contributed by atoms with Crippen molar-refractivity contribution in [3.8, 4) is 0 Å². The number of carbonyl (C=O) groups excluding carboxylic acids is 1. The fourth-order valence-corrected chi connectivity index (χ4v) is 3.25. The van der Waals surface area contributed by atoms with E-state index in [1.54, 1.807) is 0 Å². The van der Waals surface area contributed by atoms with Gasteiger partial charge in [-0.25, -0.2) is 4.79 Å². The Balaban J connectivity index is 1.77. The summed E-state index contributed by atoms with van der Waals surface area (Å²) in [4.78, 5) is 16.8. The first-order chi connectivity index (χ1) is 9.17. The predicted molar refractivity (Wildman–Crippen MR) is 82.9 cm³/mol. The third-order valence-electron chi connectivity index (χ3n) is 4.74. The van der Waals surface area contributed by atoms with Crippen molar-refractivity contribution in [1.29, 1.82) is 0 Å². The van der Waals surface area contributed by atoms with Gasteiger partial charge in [0, 0.05) is 37.8 Å². The molecule has 2 fully saturated rings. The highest BCUT2D eigenvalue weighted by molar-refractivity contribution is 5.74. The SMILES string of the molecule is CC1(C)CCN(C(=O)NC2CCN(C(C)(C)C)CC2)C1. The highest BCUT2D eigenvalue weighted by Gasteiger charge is 2.33. The molecule has 4 nitrogen and oxygen atoms in total. The summed E-state index contributed by atoms with van der Waals surface area (Å²) in [6.45, 7) is 15.2. The third kappa shape index (κ3) is 3.87. The van der Waals surface area contributed by atoms with E-state index in [-0.39, 0.29) is 17.0 Å². The van der Waals surface area contributed by atoms with Crippen LogP contribution in [0.4, 0.5) is 4.79 Å². The Morgan fingerprint density at radius 3 is 2.20 bits per heavy atom. The molecule has 0 aromatic rings. The standard InChI is InChI=1S/C16H31N3O/c1-15(2,3)19-9-6-13(7-10-19)17-14(20)18-11-8-16(4,5)12-18/h13H,6-12H2,1-5H3,(H,17,20). The number of nitrogens with one attached hydrogen (secondary N) is 1. The number of amides is 2. The van der Waals surface area contributed by atoms with Crippen LogP contribution in [0.5, 0.6) is 0 Å². The molecule has 116 valence electrons. The second-order valence-corrected chi connectivity index (χ2v) is 8.22. The zero-order valence-electron chi connectivity index (χ0n) is 13.8. The quantitative estimate of drug-likeness (QED) is 0.802. The number of likely N-dealkylation sites (tertiary alicyclic amines) is 2. The van der Waals surface area contributed by atoms with Gasteiger partial charge in [0.05, 0.1) is 0 Å². The van der Waals surface area contributed by atoms with Crippen molar-refractivity contribution in [3.05, 3.63) is 0 Å². The van der Waals surface area contributed by atoms with Gasteiger partial charge in [0.2, 0.25) is 0 Å². The van der Waals surface area contributed by atoms with Crippen LogP contribution in [-0.4, -0.2) is 53.6 Å². The van der Waals surface area contributed by atoms with Gasteiger partial charge in [0.1, 0.15) is 0 Å². The highest BCUT2D eigenvalue weighted by Crippen LogP contribution is 2.29. The van der Waals surface area contributed by atoms with E-state index in [9.17, 15) is 4.79 Å². The fraction of sp³-hybridized carbons (Fsp3) is 0.938. The minimum absolute atomic E-state index is 0.143. The molecule has 2 rings (SSSR count). The van der Waals surface area contributed by atoms with Crippen LogP contribution in [0.2, 0.25) is 0 Å². The molecule has 2 amide bonds. The van der Waals surface area contributed by atoms with Crippen molar-refractivity contribution < 1.29 is 4.79 Å². The second-order valence-electron chi connectivity index (χ2n) is 8.22. The maximum atomic E-state index is 12.3. The van der Waals surface area contributed by atoms with Crippen LogP contribution in [0.3, 0.4) is 0 Å². The topological polar surface area (TPSA) is 35.6 Å². The van der Waals surface area contributed by atoms with Gasteiger partial charge in [-0.1, -0.05) is 13.8 Å². The van der Waals surface area contributed by atoms with Crippen LogP contribution in [-0.2, 0) is 0 Å². The molecule has 0 spiro atoms. The maximum absolute atomic E-state index is 12.3. The van der Waals surface area contributed by atoms with Gasteiger partial charge in [-0.05, 0) is 45.4 Å². The summed E-state index contributed by atoms with van der Waals surface area (Å²) in [5, 5.41) is 3.23. The minimum atomic E-state index is 0.143. The van der Waals surface area contributed by atoms with Gasteiger partial charge < -0.3 is 10.2 Å². The summed E-state index contributed by atoms with van der Waals surface area (Å²) in [5.74, 6) is 0. The number of piperidine rings is 1. The predicted octanol–water partition coefficient (Wildman–Crippen LogP) is 2.69. The van der Waals surface area contributed by atoms with Gasteiger partial charge in [-0.2, -0.15) is 0 Å². The molecule has 2 aliphatic heterocycles. The third-order valence-corrected chi connectivity index (χ3v) is 4.74. The summed E-state index contributed by atoms with van der Waals surface area (Å²) in [7, 11) is 0. The van der Waals surface area contributed by atoms with Crippen LogP contribution in [0.25, 0.3) is 0 Å². The zero-order chi connectivity index (χ0) is 15.0. The van der Waals surface area contributed by atoms with Crippen molar-refractivity contribution in [2.75, 3.05) is 26.2 Å². The molecule has 0 aromatic heterocycles. The molecular weight excluding hydrogens is 250 g/mol. The first kappa shape index (κ1) is 15.6. The second kappa shape index (κ2) is 5.55. The van der Waals surface area contributed by atoms with E-state index in [4.69, 9.17) is 0 Å². The van der Waals surface area contributed by atoms with E-state index < -0.39 is 0 Å². The summed E-state index contributed by atoms with van der Waals surface area (Å²) in [6.07, 6.45) is 3.25. The van der Waals surface area contributed by atoms with Crippen molar-refractivity contribution in [3.63, 3.8) is 0 Å². The molecule has 0 aliphatic carbocycles. The molecule has 2 saturated heterocycles. The molecule has 0 unspecified atom stereocenters. The molecular formula is C16H31N3O. The number of hydrogen-bond donors (Lipinski definition) is 1. The first-order valence-electron chi connectivity index (χ1n) is 7.98. The van der Waals surface area contributed by atoms with Crippen molar-refractivity contribution in [1.82, 2.24) is 15.1 Å². The number of nitrogens with zero attached hydrogens (tertiary/aromatic N) is 2. The average Bonchev–Trinajstić information content (AvgIpc) is 2.69. The average molecular weight is 281 g/mol. The Morgan fingerprint density at radius 2 is 1.75 bits per heavy atom. The van der Waals surface area contributed by atoms with Gasteiger partial charge in [0.15, 0.2) is 0 Å². The van der Waals surface area contributed by atoms with E-state index in [2.05, 4.69) is 44.8 Å². The largest absolute Gasteiger partial charge is 0.335 e. The lowest BCUT2D eigenvalue weighted by Crippen LogP contribution is -2.52. The lowest BCUT2D eigenvalue weighted by molar-refractivity contribution is 0.0961. The van der Waals surface area contributed by atoms with Crippen LogP contribution in [0.1, 0.15) is 53.9 Å². The lowest BCUT2D eigenvalue weighted by atomic mass is 9.93. The van der Waals surface area contributed by atoms with Crippen molar-refractivity contribution >= 4 is 6.03 Å². The van der Waals surface area contributed by atoms with E-state index in [0.717, 1.165) is 45.4 Å². The Morgan fingerprint density at radius 1 is 1.15 bits per heavy atom. The molecule has 0 bridgehead atoms. The van der Waals surface area contributed by atoms with Crippen LogP contribution >= 0.6 is 0 Å². The molecule has 1 N–H and O–H groups in total. The van der Waals surface area contributed by atoms with Gasteiger partial charge in [0.25, 0.3) is 0 Å². The van der Waals surface area contributed by atoms with Crippen LogP contribution < -0.4 is 5.32 Å². The molecule has 0 radical (unpaired) electrons. The van der Waals surface area contributed by atoms with Crippen molar-refractivity contribution in [2.45, 2.75) is 65.5 Å². The van der Waals surface area contributed by atoms with Gasteiger partial charge in [-0.15, -0.1) is 0 Å². The summed E-state index contributed by atoms with van der Waals surface area (Å²) >= 11 is 0. The summed E-state index contributed by atoms with van der Waals surface area (Å²) in [5.41, 5.74) is 0.529. The molecule has 2 heterocycles. The Bertz CT molecular complexity index is 351. The molecule has 0 atom stereocenters. The molecule has 0 aromatic carbocycles. The fourth-order valence-electron chi connectivity index (χ4n) is 3.25. The Labute approximate surface area is 123 Å². The highest BCUT2D eigenvalue weighted by atomic mass is 16.2. The number of hydrogen-bond acceptors (Lipinski definition) is 2. The number of carbonyl (C=O) groups is 1. The van der Waals surface area contributed by atoms with E-state index >= 15 is 0 Å². The number of urea groups is 1. The summed E-state index contributed by atoms with van der Waals surface area (Å²) in [6, 6.07) is 0.495. The van der Waals surface area contributed by atoms with Gasteiger partial charge in [-0.3, -0.25) is 4.90 Å². The van der Waals surface area contributed by atoms with Crippen LogP contribution in [0.15, 0.2) is 0 Å². The zero-order valence-corrected chi connectivity index (χ0v) is 13.8. The number of rotatable bonds is 1. The van der Waals surface area contributed by atoms with Gasteiger partial charge >= 0.3 is 6.03 Å². The summed E-state index contributed by atoms with van der Waals surface area (Å²) < 4.78 is 0.